The van der Waals surface area contributed by atoms with E-state index >= 15 is 0 Å². The number of anilines is 1. The average molecular weight is 303 g/mol. The van der Waals surface area contributed by atoms with Crippen LogP contribution in [-0.4, -0.2) is 10.1 Å². The van der Waals surface area contributed by atoms with Gasteiger partial charge in [0, 0.05) is 0 Å². The fourth-order valence-corrected chi connectivity index (χ4v) is 1.88. The Morgan fingerprint density at radius 1 is 1.20 bits per heavy atom. The van der Waals surface area contributed by atoms with Crippen molar-refractivity contribution in [1.82, 2.24) is 4.98 Å². The van der Waals surface area contributed by atoms with Crippen molar-refractivity contribution < 1.29 is 18.3 Å². The van der Waals surface area contributed by atoms with Crippen LogP contribution in [-0.2, 0) is 12.7 Å². The lowest BCUT2D eigenvalue weighted by Crippen LogP contribution is -2.11. The van der Waals surface area contributed by atoms with Crippen molar-refractivity contribution in [3.05, 3.63) is 52.8 Å². The number of hydrogen-bond acceptors (Lipinski definition) is 3. The molecule has 1 aromatic carbocycles. The molecule has 0 saturated heterocycles. The minimum Gasteiger partial charge on any atom is -0.506 e. The number of halogens is 4. The molecule has 7 heteroatoms. The van der Waals surface area contributed by atoms with Crippen molar-refractivity contribution in [1.29, 1.82) is 0 Å². The van der Waals surface area contributed by atoms with Crippen LogP contribution in [0.25, 0.3) is 0 Å². The summed E-state index contributed by atoms with van der Waals surface area (Å²) in [6, 6.07) is 6.49. The van der Waals surface area contributed by atoms with E-state index in [1.807, 2.05) is 0 Å². The quantitative estimate of drug-likeness (QED) is 0.898. The van der Waals surface area contributed by atoms with Crippen molar-refractivity contribution in [2.75, 3.05) is 5.32 Å². The van der Waals surface area contributed by atoms with Gasteiger partial charge in [-0.15, -0.1) is 0 Å². The first-order chi connectivity index (χ1) is 9.38. The first kappa shape index (κ1) is 14.5. The lowest BCUT2D eigenvalue weighted by Gasteiger charge is -2.15. The number of aromatic hydroxyl groups is 1. The van der Waals surface area contributed by atoms with Gasteiger partial charge in [0.2, 0.25) is 0 Å². The first-order valence-corrected chi connectivity index (χ1v) is 5.99. The van der Waals surface area contributed by atoms with Gasteiger partial charge in [-0.25, -0.2) is 0 Å². The SMILES string of the molecule is Oc1ccc(CNc2c(Cl)cccc2C(F)(F)F)nc1. The topological polar surface area (TPSA) is 45.1 Å². The second kappa shape index (κ2) is 5.58. The first-order valence-electron chi connectivity index (χ1n) is 5.61. The van der Waals surface area contributed by atoms with Gasteiger partial charge in [0.25, 0.3) is 0 Å². The molecule has 1 heterocycles. The van der Waals surface area contributed by atoms with Gasteiger partial charge in [-0.3, -0.25) is 4.98 Å². The van der Waals surface area contributed by atoms with Crippen LogP contribution in [0.4, 0.5) is 18.9 Å². The summed E-state index contributed by atoms with van der Waals surface area (Å²) in [4.78, 5) is 3.88. The van der Waals surface area contributed by atoms with E-state index in [1.54, 1.807) is 0 Å². The molecule has 0 aliphatic carbocycles. The van der Waals surface area contributed by atoms with Crippen molar-refractivity contribution in [3.8, 4) is 5.75 Å². The Bertz CT molecular complexity index is 600. The Hall–Kier alpha value is -1.95. The Morgan fingerprint density at radius 3 is 2.55 bits per heavy atom. The standard InChI is InChI=1S/C13H10ClF3N2O/c14-11-3-1-2-10(13(15,16)17)12(11)19-6-8-4-5-9(20)7-18-8/h1-5,7,19-20H,6H2. The van der Waals surface area contributed by atoms with Crippen LogP contribution in [0.5, 0.6) is 5.75 Å². The van der Waals surface area contributed by atoms with Crippen molar-refractivity contribution >= 4 is 17.3 Å². The van der Waals surface area contributed by atoms with Crippen LogP contribution < -0.4 is 5.32 Å². The molecule has 2 N–H and O–H groups in total. The summed E-state index contributed by atoms with van der Waals surface area (Å²) in [6.45, 7) is 0.0626. The summed E-state index contributed by atoms with van der Waals surface area (Å²) < 4.78 is 38.6. The molecule has 0 unspecified atom stereocenters. The number of benzene rings is 1. The van der Waals surface area contributed by atoms with Crippen LogP contribution in [0, 0.1) is 0 Å². The Morgan fingerprint density at radius 2 is 1.95 bits per heavy atom. The summed E-state index contributed by atoms with van der Waals surface area (Å²) in [7, 11) is 0. The highest BCUT2D eigenvalue weighted by molar-refractivity contribution is 6.33. The van der Waals surface area contributed by atoms with E-state index in [0.717, 1.165) is 6.07 Å². The normalized spacial score (nSPS) is 11.4. The molecular formula is C13H10ClF3N2O. The zero-order valence-corrected chi connectivity index (χ0v) is 10.8. The van der Waals surface area contributed by atoms with Crippen LogP contribution >= 0.6 is 11.6 Å². The van der Waals surface area contributed by atoms with E-state index in [2.05, 4.69) is 10.3 Å². The third-order valence-corrected chi connectivity index (χ3v) is 2.89. The Balaban J connectivity index is 2.23. The maximum absolute atomic E-state index is 12.9. The van der Waals surface area contributed by atoms with Gasteiger partial charge in [0.1, 0.15) is 5.75 Å². The van der Waals surface area contributed by atoms with Gasteiger partial charge in [0.15, 0.2) is 0 Å². The number of nitrogens with one attached hydrogen (secondary N) is 1. The lowest BCUT2D eigenvalue weighted by atomic mass is 10.1. The highest BCUT2D eigenvalue weighted by atomic mass is 35.5. The fourth-order valence-electron chi connectivity index (χ4n) is 1.64. The molecule has 2 aromatic rings. The molecule has 20 heavy (non-hydrogen) atoms. The molecule has 0 amide bonds. The Labute approximate surface area is 118 Å². The zero-order valence-electron chi connectivity index (χ0n) is 10.1. The molecule has 0 atom stereocenters. The lowest BCUT2D eigenvalue weighted by molar-refractivity contribution is -0.136. The van der Waals surface area contributed by atoms with E-state index in [-0.39, 0.29) is 23.0 Å². The minimum atomic E-state index is -4.49. The number of alkyl halides is 3. The molecule has 0 fully saturated rings. The minimum absolute atomic E-state index is 0.0116. The highest BCUT2D eigenvalue weighted by Gasteiger charge is 2.34. The average Bonchev–Trinajstić information content (AvgIpc) is 2.38. The molecule has 0 spiro atoms. The monoisotopic (exact) mass is 302 g/mol. The van der Waals surface area contributed by atoms with Gasteiger partial charge < -0.3 is 10.4 Å². The fraction of sp³-hybridized carbons (Fsp3) is 0.154. The summed E-state index contributed by atoms with van der Waals surface area (Å²) in [6.07, 6.45) is -3.27. The van der Waals surface area contributed by atoms with E-state index in [0.29, 0.717) is 5.69 Å². The summed E-state index contributed by atoms with van der Waals surface area (Å²) in [5, 5.41) is 11.7. The van der Waals surface area contributed by atoms with Crippen LogP contribution in [0.15, 0.2) is 36.5 Å². The Kier molecular flexibility index (Phi) is 4.04. The summed E-state index contributed by atoms with van der Waals surface area (Å²) in [5.41, 5.74) is -0.531. The van der Waals surface area contributed by atoms with Crippen LogP contribution in [0.2, 0.25) is 5.02 Å². The maximum Gasteiger partial charge on any atom is 0.418 e. The largest absolute Gasteiger partial charge is 0.506 e. The van der Waals surface area contributed by atoms with E-state index in [9.17, 15) is 13.2 Å². The van der Waals surface area contributed by atoms with Crippen molar-refractivity contribution in [2.24, 2.45) is 0 Å². The summed E-state index contributed by atoms with van der Waals surface area (Å²) in [5.74, 6) is -0.0116. The highest BCUT2D eigenvalue weighted by Crippen LogP contribution is 2.38. The third-order valence-electron chi connectivity index (χ3n) is 2.57. The molecule has 0 aliphatic heterocycles. The van der Waals surface area contributed by atoms with E-state index < -0.39 is 11.7 Å². The molecule has 0 radical (unpaired) electrons. The molecule has 2 rings (SSSR count). The van der Waals surface area contributed by atoms with Crippen molar-refractivity contribution in [2.45, 2.75) is 12.7 Å². The second-order valence-electron chi connectivity index (χ2n) is 4.02. The predicted molar refractivity (Wildman–Crippen MR) is 69.7 cm³/mol. The number of para-hydroxylation sites is 1. The van der Waals surface area contributed by atoms with Gasteiger partial charge in [-0.2, -0.15) is 13.2 Å². The van der Waals surface area contributed by atoms with Gasteiger partial charge >= 0.3 is 6.18 Å². The van der Waals surface area contributed by atoms with E-state index in [1.165, 1.54) is 30.5 Å². The molecular weight excluding hydrogens is 293 g/mol. The number of aromatic nitrogens is 1. The molecule has 3 nitrogen and oxygen atoms in total. The van der Waals surface area contributed by atoms with Crippen LogP contribution in [0.1, 0.15) is 11.3 Å². The number of pyridine rings is 1. The molecule has 1 aromatic heterocycles. The second-order valence-corrected chi connectivity index (χ2v) is 4.43. The maximum atomic E-state index is 12.9. The number of hydrogen-bond donors (Lipinski definition) is 2. The van der Waals surface area contributed by atoms with Gasteiger partial charge in [0.05, 0.1) is 34.7 Å². The molecule has 106 valence electrons. The van der Waals surface area contributed by atoms with Gasteiger partial charge in [-0.1, -0.05) is 17.7 Å². The number of nitrogens with zero attached hydrogens (tertiary/aromatic N) is 1. The van der Waals surface area contributed by atoms with Gasteiger partial charge in [-0.05, 0) is 24.3 Å². The van der Waals surface area contributed by atoms with E-state index in [4.69, 9.17) is 16.7 Å². The molecule has 0 saturated carbocycles. The third kappa shape index (κ3) is 3.33. The molecule has 0 aliphatic rings. The zero-order chi connectivity index (χ0) is 14.8. The molecule has 0 bridgehead atoms. The summed E-state index contributed by atoms with van der Waals surface area (Å²) >= 11 is 5.80. The van der Waals surface area contributed by atoms with Crippen LogP contribution in [0.3, 0.4) is 0 Å². The number of rotatable bonds is 3. The predicted octanol–water partition coefficient (Wildman–Crippen LogP) is 4.07. The van der Waals surface area contributed by atoms with Crippen molar-refractivity contribution in [3.63, 3.8) is 0 Å². The smallest absolute Gasteiger partial charge is 0.418 e.